The summed E-state index contributed by atoms with van der Waals surface area (Å²) < 4.78 is 5.20. The minimum Gasteiger partial charge on any atom is -0.459 e. The van der Waals surface area contributed by atoms with Crippen LogP contribution in [0.2, 0.25) is 0 Å². The number of nitriles is 2. The molecule has 0 saturated carbocycles. The second-order valence-corrected chi connectivity index (χ2v) is 8.55. The number of nitrogens with one attached hydrogen (secondary N) is 2. The molecule has 2 aromatic heterocycles. The highest BCUT2D eigenvalue weighted by Crippen LogP contribution is 2.26. The number of thiazole rings is 1. The Morgan fingerprint density at radius 2 is 2.03 bits per heavy atom. The fourth-order valence-corrected chi connectivity index (χ4v) is 4.00. The van der Waals surface area contributed by atoms with Crippen molar-refractivity contribution in [2.24, 2.45) is 0 Å². The normalized spacial score (nSPS) is 11.5. The van der Waals surface area contributed by atoms with Crippen LogP contribution in [-0.2, 0) is 9.53 Å². The molecule has 0 radical (unpaired) electrons. The van der Waals surface area contributed by atoms with Crippen molar-refractivity contribution in [2.75, 3.05) is 10.6 Å². The Hall–Kier alpha value is -4.02. The molecule has 0 saturated heterocycles. The smallest absolute Gasteiger partial charge is 0.350 e. The number of hydrogen-bond donors (Lipinski definition) is 2. The molecule has 10 heteroatoms. The largest absolute Gasteiger partial charge is 0.459 e. The van der Waals surface area contributed by atoms with E-state index in [1.165, 1.54) is 0 Å². The number of anilines is 2. The molecule has 0 bridgehead atoms. The van der Waals surface area contributed by atoms with Crippen molar-refractivity contribution in [1.82, 2.24) is 9.97 Å². The van der Waals surface area contributed by atoms with Gasteiger partial charge in [0.25, 0.3) is 0 Å². The summed E-state index contributed by atoms with van der Waals surface area (Å²) in [7, 11) is 0. The molecule has 0 aliphatic carbocycles. The highest BCUT2D eigenvalue weighted by Gasteiger charge is 2.21. The molecule has 2 N–H and O–H groups in total. The van der Waals surface area contributed by atoms with E-state index in [2.05, 4.69) is 32.7 Å². The van der Waals surface area contributed by atoms with Crippen molar-refractivity contribution in [3.8, 4) is 12.1 Å². The van der Waals surface area contributed by atoms with Gasteiger partial charge >= 0.3 is 5.97 Å². The minimum atomic E-state index is -0.523. The van der Waals surface area contributed by atoms with E-state index >= 15 is 0 Å². The van der Waals surface area contributed by atoms with Crippen LogP contribution in [-0.4, -0.2) is 34.0 Å². The Kier molecular flexibility index (Phi) is 7.54. The number of aryl methyl sites for hydroxylation is 1. The third-order valence-electron chi connectivity index (χ3n) is 4.58. The van der Waals surface area contributed by atoms with Gasteiger partial charge < -0.3 is 15.4 Å². The third kappa shape index (κ3) is 6.03. The Bertz CT molecular complexity index is 1270. The number of amides is 1. The second-order valence-electron chi connectivity index (χ2n) is 7.55. The number of aromatic nitrogens is 2. The van der Waals surface area contributed by atoms with Gasteiger partial charge in [0.15, 0.2) is 5.13 Å². The SMILES string of the molecule is Cc1nc(NC(=O)C[C@H](CC#N)Nc2nccc3ccc(C#N)cc23)sc1C(=O)OC(C)C. The zero-order valence-electron chi connectivity index (χ0n) is 18.4. The Balaban J connectivity index is 1.73. The lowest BCUT2D eigenvalue weighted by molar-refractivity contribution is -0.116. The molecule has 3 aromatic rings. The second kappa shape index (κ2) is 10.5. The summed E-state index contributed by atoms with van der Waals surface area (Å²) in [6.07, 6.45) is 1.40. The quantitative estimate of drug-likeness (QED) is 0.475. The van der Waals surface area contributed by atoms with Crippen LogP contribution in [0.3, 0.4) is 0 Å². The van der Waals surface area contributed by atoms with Gasteiger partial charge in [-0.05, 0) is 44.4 Å². The van der Waals surface area contributed by atoms with Gasteiger partial charge in [0.2, 0.25) is 5.91 Å². The summed E-state index contributed by atoms with van der Waals surface area (Å²) in [6, 6.07) is 10.7. The van der Waals surface area contributed by atoms with Gasteiger partial charge in [-0.1, -0.05) is 17.4 Å². The van der Waals surface area contributed by atoms with Crippen molar-refractivity contribution < 1.29 is 14.3 Å². The maximum Gasteiger partial charge on any atom is 0.350 e. The zero-order valence-corrected chi connectivity index (χ0v) is 19.2. The van der Waals surface area contributed by atoms with Crippen molar-refractivity contribution in [1.29, 1.82) is 10.5 Å². The number of pyridine rings is 1. The van der Waals surface area contributed by atoms with Crippen molar-refractivity contribution in [2.45, 2.75) is 45.8 Å². The molecule has 1 aromatic carbocycles. The Labute approximate surface area is 195 Å². The summed E-state index contributed by atoms with van der Waals surface area (Å²) in [5.74, 6) is -0.358. The van der Waals surface area contributed by atoms with E-state index < -0.39 is 12.0 Å². The first-order chi connectivity index (χ1) is 15.8. The van der Waals surface area contributed by atoms with E-state index in [1.807, 2.05) is 12.1 Å². The van der Waals surface area contributed by atoms with Gasteiger partial charge in [0.1, 0.15) is 10.7 Å². The molecule has 33 heavy (non-hydrogen) atoms. The van der Waals surface area contributed by atoms with Crippen LogP contribution in [0.25, 0.3) is 10.8 Å². The van der Waals surface area contributed by atoms with Crippen LogP contribution in [0.4, 0.5) is 10.9 Å². The van der Waals surface area contributed by atoms with Gasteiger partial charge in [-0.3, -0.25) is 4.79 Å². The highest BCUT2D eigenvalue weighted by molar-refractivity contribution is 7.17. The molecular formula is C23H22N6O3S. The number of nitrogens with zero attached hydrogens (tertiary/aromatic N) is 4. The summed E-state index contributed by atoms with van der Waals surface area (Å²) in [6.45, 7) is 5.18. The van der Waals surface area contributed by atoms with Gasteiger partial charge in [-0.15, -0.1) is 0 Å². The summed E-state index contributed by atoms with van der Waals surface area (Å²) in [5.41, 5.74) is 0.958. The van der Waals surface area contributed by atoms with E-state index in [0.717, 1.165) is 22.1 Å². The van der Waals surface area contributed by atoms with Gasteiger partial charge in [0.05, 0.1) is 35.9 Å². The van der Waals surface area contributed by atoms with E-state index in [-0.39, 0.29) is 30.0 Å². The van der Waals surface area contributed by atoms with E-state index in [0.29, 0.717) is 22.0 Å². The molecule has 0 spiro atoms. The molecule has 0 aliphatic rings. The molecule has 0 fully saturated rings. The minimum absolute atomic E-state index is 0.0199. The molecule has 2 heterocycles. The topological polar surface area (TPSA) is 141 Å². The number of ether oxygens (including phenoxy) is 1. The Morgan fingerprint density at radius 3 is 2.73 bits per heavy atom. The van der Waals surface area contributed by atoms with Crippen molar-refractivity contribution in [3.05, 3.63) is 46.6 Å². The molecular weight excluding hydrogens is 440 g/mol. The average molecular weight is 463 g/mol. The number of hydrogen-bond acceptors (Lipinski definition) is 9. The summed E-state index contributed by atoms with van der Waals surface area (Å²) in [5, 5.41) is 26.2. The van der Waals surface area contributed by atoms with Crippen LogP contribution in [0.1, 0.15) is 47.6 Å². The predicted octanol–water partition coefficient (Wildman–Crippen LogP) is 4.16. The first-order valence-corrected chi connectivity index (χ1v) is 11.0. The lowest BCUT2D eigenvalue weighted by Crippen LogP contribution is -2.26. The molecule has 1 atom stereocenters. The van der Waals surface area contributed by atoms with Crippen LogP contribution < -0.4 is 10.6 Å². The van der Waals surface area contributed by atoms with Crippen LogP contribution >= 0.6 is 11.3 Å². The summed E-state index contributed by atoms with van der Waals surface area (Å²) >= 11 is 1.04. The van der Waals surface area contributed by atoms with Gasteiger partial charge in [0, 0.05) is 24.0 Å². The van der Waals surface area contributed by atoms with E-state index in [4.69, 9.17) is 4.74 Å². The molecule has 168 valence electrons. The number of carbonyl (C=O) groups excluding carboxylic acids is 2. The lowest BCUT2D eigenvalue weighted by Gasteiger charge is -2.17. The lowest BCUT2D eigenvalue weighted by atomic mass is 10.1. The number of carbonyl (C=O) groups is 2. The number of esters is 1. The maximum absolute atomic E-state index is 12.6. The maximum atomic E-state index is 12.6. The Morgan fingerprint density at radius 1 is 1.24 bits per heavy atom. The average Bonchev–Trinajstić information content (AvgIpc) is 3.13. The van der Waals surface area contributed by atoms with Crippen molar-refractivity contribution >= 4 is 44.9 Å². The predicted molar refractivity (Wildman–Crippen MR) is 125 cm³/mol. The van der Waals surface area contributed by atoms with Crippen molar-refractivity contribution in [3.63, 3.8) is 0 Å². The number of fused-ring (bicyclic) bond motifs is 1. The fourth-order valence-electron chi connectivity index (χ4n) is 3.13. The van der Waals surface area contributed by atoms with Gasteiger partial charge in [-0.25, -0.2) is 14.8 Å². The third-order valence-corrected chi connectivity index (χ3v) is 5.63. The van der Waals surface area contributed by atoms with Gasteiger partial charge in [-0.2, -0.15) is 10.5 Å². The molecule has 0 aliphatic heterocycles. The van der Waals surface area contributed by atoms with Crippen LogP contribution in [0, 0.1) is 29.6 Å². The monoisotopic (exact) mass is 462 g/mol. The van der Waals surface area contributed by atoms with E-state index in [9.17, 15) is 20.1 Å². The molecule has 9 nitrogen and oxygen atoms in total. The standard InChI is InChI=1S/C23H22N6O3S/c1-13(2)32-22(31)20-14(3)27-23(33-20)29-19(30)11-17(6-8-24)28-21-18-10-15(12-25)4-5-16(18)7-9-26-21/h4-5,7,9-10,13,17H,6,11H2,1-3H3,(H,26,28)(H,27,29,30)/t17-/m0/s1. The fraction of sp³-hybridized carbons (Fsp3) is 0.304. The molecule has 1 amide bonds. The first kappa shape index (κ1) is 23.6. The molecule has 3 rings (SSSR count). The number of rotatable bonds is 8. The van der Waals surface area contributed by atoms with E-state index in [1.54, 1.807) is 39.1 Å². The number of benzene rings is 1. The first-order valence-electron chi connectivity index (χ1n) is 10.2. The van der Waals surface area contributed by atoms with Crippen LogP contribution in [0.5, 0.6) is 0 Å². The zero-order chi connectivity index (χ0) is 24.0. The molecule has 0 unspecified atom stereocenters. The van der Waals surface area contributed by atoms with Crippen LogP contribution in [0.15, 0.2) is 30.5 Å². The summed E-state index contributed by atoms with van der Waals surface area (Å²) in [4.78, 5) is 33.7. The highest BCUT2D eigenvalue weighted by atomic mass is 32.1.